The van der Waals surface area contributed by atoms with E-state index in [4.69, 9.17) is 5.11 Å². The molecule has 2 aromatic heterocycles. The molecule has 1 aliphatic rings. The van der Waals surface area contributed by atoms with Crippen molar-refractivity contribution in [2.75, 3.05) is 13.1 Å². The summed E-state index contributed by atoms with van der Waals surface area (Å²) in [5.41, 5.74) is 0.919. The molecule has 0 unspecified atom stereocenters. The number of amides is 1. The predicted molar refractivity (Wildman–Crippen MR) is 67.3 cm³/mol. The fourth-order valence-electron chi connectivity index (χ4n) is 2.46. The molecule has 1 saturated heterocycles. The lowest BCUT2D eigenvalue weighted by atomic mass is 9.95. The predicted octanol–water partition coefficient (Wildman–Crippen LogP) is 1.45. The average Bonchev–Trinajstić information content (AvgIpc) is 3.09. The Morgan fingerprint density at radius 1 is 1.47 bits per heavy atom. The molecular weight excluding hydrogens is 246 g/mol. The van der Waals surface area contributed by atoms with E-state index in [2.05, 4.69) is 15.0 Å². The van der Waals surface area contributed by atoms with Gasteiger partial charge in [-0.15, -0.1) is 0 Å². The lowest BCUT2D eigenvalue weighted by Crippen LogP contribution is -2.38. The van der Waals surface area contributed by atoms with Crippen molar-refractivity contribution in [2.24, 2.45) is 0 Å². The second-order valence-electron chi connectivity index (χ2n) is 4.69. The number of aromatic nitrogens is 4. The van der Waals surface area contributed by atoms with Crippen LogP contribution >= 0.6 is 0 Å². The largest absolute Gasteiger partial charge is 0.465 e. The first-order valence-electron chi connectivity index (χ1n) is 6.25. The minimum atomic E-state index is -0.852. The van der Waals surface area contributed by atoms with Crippen LogP contribution in [0.4, 0.5) is 4.79 Å². The van der Waals surface area contributed by atoms with Gasteiger partial charge in [0.05, 0.1) is 5.69 Å². The highest BCUT2D eigenvalue weighted by atomic mass is 16.4. The fraction of sp³-hybridized carbons (Fsp3) is 0.417. The highest BCUT2D eigenvalue weighted by Crippen LogP contribution is 2.25. The van der Waals surface area contributed by atoms with Crippen molar-refractivity contribution >= 4 is 6.09 Å². The molecule has 1 atom stereocenters. The molecule has 1 aliphatic heterocycles. The minimum absolute atomic E-state index is 0.168. The van der Waals surface area contributed by atoms with Crippen molar-refractivity contribution < 1.29 is 9.90 Å². The Bertz CT molecular complexity index is 562. The van der Waals surface area contributed by atoms with Crippen LogP contribution in [0.1, 0.15) is 24.5 Å². The van der Waals surface area contributed by atoms with Crippen LogP contribution in [0.2, 0.25) is 0 Å². The number of piperidine rings is 1. The van der Waals surface area contributed by atoms with Gasteiger partial charge < -0.3 is 15.0 Å². The van der Waals surface area contributed by atoms with Gasteiger partial charge in [-0.25, -0.2) is 14.8 Å². The van der Waals surface area contributed by atoms with E-state index in [-0.39, 0.29) is 5.92 Å². The summed E-state index contributed by atoms with van der Waals surface area (Å²) in [5, 5.41) is 9.04. The molecule has 3 rings (SSSR count). The summed E-state index contributed by atoms with van der Waals surface area (Å²) in [4.78, 5) is 24.0. The van der Waals surface area contributed by atoms with Gasteiger partial charge in [-0.1, -0.05) is 0 Å². The lowest BCUT2D eigenvalue weighted by molar-refractivity contribution is 0.130. The van der Waals surface area contributed by atoms with Gasteiger partial charge in [0.15, 0.2) is 0 Å². The molecule has 7 heteroatoms. The van der Waals surface area contributed by atoms with E-state index < -0.39 is 6.09 Å². The molecule has 1 amide bonds. The first-order valence-corrected chi connectivity index (χ1v) is 6.25. The number of imidazole rings is 2. The Kier molecular flexibility index (Phi) is 2.94. The van der Waals surface area contributed by atoms with Gasteiger partial charge in [0, 0.05) is 37.6 Å². The molecule has 1 fully saturated rings. The van der Waals surface area contributed by atoms with Gasteiger partial charge in [-0.05, 0) is 12.8 Å². The summed E-state index contributed by atoms with van der Waals surface area (Å²) < 4.78 is 1.81. The Balaban J connectivity index is 1.77. The van der Waals surface area contributed by atoms with Crippen LogP contribution in [0.5, 0.6) is 0 Å². The zero-order valence-corrected chi connectivity index (χ0v) is 10.4. The molecule has 19 heavy (non-hydrogen) atoms. The van der Waals surface area contributed by atoms with E-state index in [0.717, 1.165) is 18.5 Å². The number of nitrogens with zero attached hydrogens (tertiary/aromatic N) is 4. The Morgan fingerprint density at radius 3 is 3.11 bits per heavy atom. The van der Waals surface area contributed by atoms with Crippen LogP contribution in [-0.4, -0.2) is 48.7 Å². The molecule has 2 aromatic rings. The summed E-state index contributed by atoms with van der Waals surface area (Å²) in [6.07, 6.45) is 8.05. The third kappa shape index (κ3) is 2.31. The maximum absolute atomic E-state index is 11.0. The van der Waals surface area contributed by atoms with Gasteiger partial charge >= 0.3 is 6.09 Å². The number of carbonyl (C=O) groups is 1. The third-order valence-corrected chi connectivity index (χ3v) is 3.44. The summed E-state index contributed by atoms with van der Waals surface area (Å²) >= 11 is 0. The summed E-state index contributed by atoms with van der Waals surface area (Å²) in [6.45, 7) is 1.13. The van der Waals surface area contributed by atoms with Crippen molar-refractivity contribution in [1.29, 1.82) is 0 Å². The maximum Gasteiger partial charge on any atom is 0.407 e. The van der Waals surface area contributed by atoms with Crippen LogP contribution in [0.15, 0.2) is 24.9 Å². The van der Waals surface area contributed by atoms with Gasteiger partial charge in [0.2, 0.25) is 5.95 Å². The Labute approximate surface area is 109 Å². The number of rotatable bonds is 2. The van der Waals surface area contributed by atoms with Gasteiger partial charge in [0.25, 0.3) is 0 Å². The van der Waals surface area contributed by atoms with E-state index in [1.807, 2.05) is 10.8 Å². The zero-order chi connectivity index (χ0) is 13.2. The smallest absolute Gasteiger partial charge is 0.407 e. The van der Waals surface area contributed by atoms with Crippen molar-refractivity contribution in [3.8, 4) is 5.95 Å². The highest BCUT2D eigenvalue weighted by molar-refractivity contribution is 5.65. The first-order chi connectivity index (χ1) is 9.24. The molecule has 0 radical (unpaired) electrons. The molecule has 7 nitrogen and oxygen atoms in total. The van der Waals surface area contributed by atoms with Crippen LogP contribution in [-0.2, 0) is 0 Å². The number of H-pyrrole nitrogens is 1. The van der Waals surface area contributed by atoms with E-state index in [1.165, 1.54) is 4.90 Å². The Morgan fingerprint density at radius 2 is 2.37 bits per heavy atom. The van der Waals surface area contributed by atoms with E-state index >= 15 is 0 Å². The normalized spacial score (nSPS) is 19.6. The number of hydrogen-bond donors (Lipinski definition) is 2. The monoisotopic (exact) mass is 261 g/mol. The lowest BCUT2D eigenvalue weighted by Gasteiger charge is -2.29. The number of nitrogens with one attached hydrogen (secondary N) is 1. The molecule has 0 bridgehead atoms. The molecular formula is C12H15N5O2. The second kappa shape index (κ2) is 4.75. The van der Waals surface area contributed by atoms with Crippen LogP contribution in [0.25, 0.3) is 5.95 Å². The number of carboxylic acid groups (broad SMARTS) is 1. The minimum Gasteiger partial charge on any atom is -0.465 e. The van der Waals surface area contributed by atoms with Gasteiger partial charge in [0.1, 0.15) is 6.33 Å². The standard InChI is InChI=1S/C12H15N5O2/c18-12(19)16-5-1-2-9(6-16)10-7-17(8-15-10)11-13-3-4-14-11/h3-4,7-9H,1-2,5-6H2,(H,13,14)(H,18,19)/t9-/m0/s1. The van der Waals surface area contributed by atoms with Gasteiger partial charge in [-0.2, -0.15) is 0 Å². The van der Waals surface area contributed by atoms with Crippen molar-refractivity contribution in [3.05, 3.63) is 30.6 Å². The quantitative estimate of drug-likeness (QED) is 0.856. The molecule has 100 valence electrons. The zero-order valence-electron chi connectivity index (χ0n) is 10.4. The van der Waals surface area contributed by atoms with Crippen LogP contribution in [0, 0.1) is 0 Å². The fourth-order valence-corrected chi connectivity index (χ4v) is 2.46. The summed E-state index contributed by atoms with van der Waals surface area (Å²) in [6, 6.07) is 0. The third-order valence-electron chi connectivity index (χ3n) is 3.44. The molecule has 0 aliphatic carbocycles. The Hall–Kier alpha value is -2.31. The average molecular weight is 261 g/mol. The van der Waals surface area contributed by atoms with E-state index in [0.29, 0.717) is 19.0 Å². The molecule has 0 saturated carbocycles. The molecule has 2 N–H and O–H groups in total. The van der Waals surface area contributed by atoms with Crippen LogP contribution in [0.3, 0.4) is 0 Å². The second-order valence-corrected chi connectivity index (χ2v) is 4.69. The number of aromatic amines is 1. The summed E-state index contributed by atoms with van der Waals surface area (Å²) in [5.74, 6) is 0.880. The first kappa shape index (κ1) is 11.8. The van der Waals surface area contributed by atoms with Crippen molar-refractivity contribution in [1.82, 2.24) is 24.4 Å². The highest BCUT2D eigenvalue weighted by Gasteiger charge is 2.25. The molecule has 3 heterocycles. The summed E-state index contributed by atoms with van der Waals surface area (Å²) in [7, 11) is 0. The topological polar surface area (TPSA) is 87.0 Å². The van der Waals surface area contributed by atoms with Crippen molar-refractivity contribution in [3.63, 3.8) is 0 Å². The number of hydrogen-bond acceptors (Lipinski definition) is 3. The van der Waals surface area contributed by atoms with Crippen molar-refractivity contribution in [2.45, 2.75) is 18.8 Å². The van der Waals surface area contributed by atoms with E-state index in [9.17, 15) is 4.79 Å². The maximum atomic E-state index is 11.0. The number of likely N-dealkylation sites (tertiary alicyclic amines) is 1. The van der Waals surface area contributed by atoms with E-state index in [1.54, 1.807) is 18.7 Å². The van der Waals surface area contributed by atoms with Gasteiger partial charge in [-0.3, -0.25) is 4.57 Å². The molecule has 0 aromatic carbocycles. The SMILES string of the molecule is O=C(O)N1CCC[C@H](c2cn(-c3ncc[nH]3)cn2)C1. The molecule has 0 spiro atoms. The van der Waals surface area contributed by atoms with Crippen LogP contribution < -0.4 is 0 Å².